The number of nitrogen functional groups attached to an aromatic ring is 1. The molecular weight excluding hydrogens is 195 g/mol. The zero-order valence-electron chi connectivity index (χ0n) is 8.53. The summed E-state index contributed by atoms with van der Waals surface area (Å²) in [5, 5.41) is 4.02. The van der Waals surface area contributed by atoms with E-state index in [0.717, 1.165) is 5.56 Å². The summed E-state index contributed by atoms with van der Waals surface area (Å²) in [5.74, 6) is -0.457. The van der Waals surface area contributed by atoms with Crippen LogP contribution in [-0.2, 0) is 7.05 Å². The maximum absolute atomic E-state index is 13.7. The van der Waals surface area contributed by atoms with Gasteiger partial charge in [-0.1, -0.05) is 0 Å². The van der Waals surface area contributed by atoms with Crippen molar-refractivity contribution in [2.24, 2.45) is 7.05 Å². The number of nitrogens with two attached hydrogens (primary N) is 1. The van der Waals surface area contributed by atoms with E-state index in [1.54, 1.807) is 25.5 Å². The maximum atomic E-state index is 13.7. The molecule has 2 rings (SSSR count). The lowest BCUT2D eigenvalue weighted by Gasteiger charge is -2.00. The van der Waals surface area contributed by atoms with Crippen molar-refractivity contribution in [3.63, 3.8) is 0 Å². The summed E-state index contributed by atoms with van der Waals surface area (Å²) in [7, 11) is 1.60. The van der Waals surface area contributed by atoms with E-state index in [1.165, 1.54) is 4.68 Å². The topological polar surface area (TPSA) is 56.7 Å². The Labute approximate surface area is 86.6 Å². The highest BCUT2D eigenvalue weighted by Gasteiger charge is 2.16. The number of halogens is 1. The van der Waals surface area contributed by atoms with Gasteiger partial charge in [0.2, 0.25) is 0 Å². The minimum atomic E-state index is -0.492. The SMILES string of the molecule is Cc1ccncc1-c1nn(C)c(N)c1F. The fraction of sp³-hybridized carbons (Fsp3) is 0.200. The Bertz CT molecular complexity index is 504. The van der Waals surface area contributed by atoms with Crippen LogP contribution in [0.3, 0.4) is 0 Å². The highest BCUT2D eigenvalue weighted by molar-refractivity contribution is 5.65. The van der Waals surface area contributed by atoms with Crippen molar-refractivity contribution < 1.29 is 4.39 Å². The van der Waals surface area contributed by atoms with Crippen molar-refractivity contribution in [1.29, 1.82) is 0 Å². The fourth-order valence-corrected chi connectivity index (χ4v) is 1.40. The Morgan fingerprint density at radius 2 is 2.20 bits per heavy atom. The van der Waals surface area contributed by atoms with Crippen LogP contribution in [0.5, 0.6) is 0 Å². The minimum absolute atomic E-state index is 0.0354. The van der Waals surface area contributed by atoms with Crippen LogP contribution in [0.25, 0.3) is 11.3 Å². The van der Waals surface area contributed by atoms with Crippen molar-refractivity contribution in [3.8, 4) is 11.3 Å². The lowest BCUT2D eigenvalue weighted by Crippen LogP contribution is -1.97. The van der Waals surface area contributed by atoms with Gasteiger partial charge in [-0.2, -0.15) is 5.10 Å². The lowest BCUT2D eigenvalue weighted by molar-refractivity contribution is 0.633. The van der Waals surface area contributed by atoms with Crippen LogP contribution < -0.4 is 5.73 Å². The Kier molecular flexibility index (Phi) is 2.15. The quantitative estimate of drug-likeness (QED) is 0.769. The van der Waals surface area contributed by atoms with Crippen LogP contribution in [0.2, 0.25) is 0 Å². The molecule has 4 nitrogen and oxygen atoms in total. The summed E-state index contributed by atoms with van der Waals surface area (Å²) in [4.78, 5) is 3.95. The van der Waals surface area contributed by atoms with Gasteiger partial charge in [0.25, 0.3) is 0 Å². The number of hydrogen-bond donors (Lipinski definition) is 1. The fourth-order valence-electron chi connectivity index (χ4n) is 1.40. The Morgan fingerprint density at radius 3 is 2.73 bits per heavy atom. The monoisotopic (exact) mass is 206 g/mol. The van der Waals surface area contributed by atoms with E-state index >= 15 is 0 Å². The molecule has 0 amide bonds. The van der Waals surface area contributed by atoms with Gasteiger partial charge in [-0.05, 0) is 18.6 Å². The average Bonchev–Trinajstić information content (AvgIpc) is 2.47. The number of pyridine rings is 1. The Morgan fingerprint density at radius 1 is 1.47 bits per heavy atom. The van der Waals surface area contributed by atoms with E-state index in [4.69, 9.17) is 5.73 Å². The van der Waals surface area contributed by atoms with Crippen molar-refractivity contribution in [3.05, 3.63) is 29.8 Å². The molecule has 0 bridgehead atoms. The molecular formula is C10H11FN4. The predicted octanol–water partition coefficient (Wildman–Crippen LogP) is 1.51. The van der Waals surface area contributed by atoms with E-state index in [1.807, 2.05) is 6.92 Å². The first-order chi connectivity index (χ1) is 7.11. The molecule has 0 fully saturated rings. The van der Waals surface area contributed by atoms with Crippen LogP contribution in [0.15, 0.2) is 18.5 Å². The molecule has 2 heterocycles. The molecule has 0 aromatic carbocycles. The summed E-state index contributed by atoms with van der Waals surface area (Å²) < 4.78 is 15.0. The summed E-state index contributed by atoms with van der Waals surface area (Å²) in [6.07, 6.45) is 3.24. The van der Waals surface area contributed by atoms with Gasteiger partial charge in [0.1, 0.15) is 5.69 Å². The van der Waals surface area contributed by atoms with Crippen molar-refractivity contribution in [2.75, 3.05) is 5.73 Å². The van der Waals surface area contributed by atoms with Crippen molar-refractivity contribution in [1.82, 2.24) is 14.8 Å². The summed E-state index contributed by atoms with van der Waals surface area (Å²) in [6, 6.07) is 1.81. The molecule has 2 aromatic heterocycles. The van der Waals surface area contributed by atoms with Crippen molar-refractivity contribution >= 4 is 5.82 Å². The molecule has 0 saturated carbocycles. The zero-order valence-corrected chi connectivity index (χ0v) is 8.53. The third-order valence-corrected chi connectivity index (χ3v) is 2.33. The molecule has 0 radical (unpaired) electrons. The Balaban J connectivity index is 2.65. The molecule has 78 valence electrons. The smallest absolute Gasteiger partial charge is 0.192 e. The van der Waals surface area contributed by atoms with Gasteiger partial charge in [0.15, 0.2) is 11.6 Å². The van der Waals surface area contributed by atoms with E-state index in [9.17, 15) is 4.39 Å². The van der Waals surface area contributed by atoms with E-state index in [2.05, 4.69) is 10.1 Å². The minimum Gasteiger partial charge on any atom is -0.381 e. The number of anilines is 1. The molecule has 0 aliphatic carbocycles. The summed E-state index contributed by atoms with van der Waals surface area (Å²) in [6.45, 7) is 1.88. The molecule has 0 saturated heterocycles. The second kappa shape index (κ2) is 3.34. The number of aryl methyl sites for hydroxylation is 2. The molecule has 15 heavy (non-hydrogen) atoms. The molecule has 5 heteroatoms. The second-order valence-electron chi connectivity index (χ2n) is 3.36. The molecule has 2 aromatic rings. The molecule has 0 unspecified atom stereocenters. The van der Waals surface area contributed by atoms with E-state index < -0.39 is 5.82 Å². The highest BCUT2D eigenvalue weighted by atomic mass is 19.1. The third-order valence-electron chi connectivity index (χ3n) is 2.33. The van der Waals surface area contributed by atoms with Crippen LogP contribution in [-0.4, -0.2) is 14.8 Å². The largest absolute Gasteiger partial charge is 0.381 e. The third kappa shape index (κ3) is 1.45. The number of aromatic nitrogens is 3. The number of nitrogens with zero attached hydrogens (tertiary/aromatic N) is 3. The summed E-state index contributed by atoms with van der Waals surface area (Å²) >= 11 is 0. The van der Waals surface area contributed by atoms with Crippen LogP contribution >= 0.6 is 0 Å². The number of hydrogen-bond acceptors (Lipinski definition) is 3. The van der Waals surface area contributed by atoms with E-state index in [-0.39, 0.29) is 11.5 Å². The zero-order chi connectivity index (χ0) is 11.0. The van der Waals surface area contributed by atoms with Gasteiger partial charge in [0.05, 0.1) is 0 Å². The van der Waals surface area contributed by atoms with Gasteiger partial charge in [0, 0.05) is 25.0 Å². The molecule has 0 aliphatic heterocycles. The second-order valence-corrected chi connectivity index (χ2v) is 3.36. The van der Waals surface area contributed by atoms with Crippen LogP contribution in [0.1, 0.15) is 5.56 Å². The first kappa shape index (κ1) is 9.64. The van der Waals surface area contributed by atoms with Gasteiger partial charge < -0.3 is 5.73 Å². The Hall–Kier alpha value is -1.91. The first-order valence-electron chi connectivity index (χ1n) is 4.50. The van der Waals surface area contributed by atoms with Crippen LogP contribution in [0, 0.1) is 12.7 Å². The maximum Gasteiger partial charge on any atom is 0.192 e. The summed E-state index contributed by atoms with van der Waals surface area (Å²) in [5.41, 5.74) is 7.33. The van der Waals surface area contributed by atoms with Gasteiger partial charge in [-0.15, -0.1) is 0 Å². The number of rotatable bonds is 1. The lowest BCUT2D eigenvalue weighted by atomic mass is 10.1. The van der Waals surface area contributed by atoms with Gasteiger partial charge in [-0.25, -0.2) is 9.07 Å². The normalized spacial score (nSPS) is 10.6. The standard InChI is InChI=1S/C10H11FN4/c1-6-3-4-13-5-7(6)9-8(11)10(12)15(2)14-9/h3-5H,12H2,1-2H3. The van der Waals surface area contributed by atoms with Crippen LogP contribution in [0.4, 0.5) is 10.2 Å². The first-order valence-corrected chi connectivity index (χ1v) is 4.50. The molecule has 0 spiro atoms. The van der Waals surface area contributed by atoms with Gasteiger partial charge in [-0.3, -0.25) is 4.98 Å². The highest BCUT2D eigenvalue weighted by Crippen LogP contribution is 2.26. The average molecular weight is 206 g/mol. The molecule has 0 atom stereocenters. The van der Waals surface area contributed by atoms with E-state index in [0.29, 0.717) is 5.56 Å². The molecule has 2 N–H and O–H groups in total. The molecule has 0 aliphatic rings. The van der Waals surface area contributed by atoms with Gasteiger partial charge >= 0.3 is 0 Å². The predicted molar refractivity (Wildman–Crippen MR) is 55.5 cm³/mol. The van der Waals surface area contributed by atoms with Crippen molar-refractivity contribution in [2.45, 2.75) is 6.92 Å².